The quantitative estimate of drug-likeness (QED) is 0.394. The Balaban J connectivity index is 1.46. The third kappa shape index (κ3) is 4.39. The number of ether oxygens (including phenoxy) is 2. The number of pyridine rings is 2. The number of carbonyl (C=O) groups is 2. The Morgan fingerprint density at radius 2 is 1.78 bits per heavy atom. The monoisotopic (exact) mass is 482 g/mol. The molecule has 0 bridgehead atoms. The van der Waals surface area contributed by atoms with Gasteiger partial charge in [-0.15, -0.1) is 0 Å². The van der Waals surface area contributed by atoms with Crippen molar-refractivity contribution in [1.82, 2.24) is 25.1 Å². The molecule has 2 amide bonds. The Kier molecular flexibility index (Phi) is 6.14. The lowest BCUT2D eigenvalue weighted by atomic mass is 9.98. The molecule has 10 nitrogen and oxygen atoms in total. The zero-order chi connectivity index (χ0) is 25.0. The van der Waals surface area contributed by atoms with E-state index in [-0.39, 0.29) is 12.0 Å². The maximum absolute atomic E-state index is 13.5. The van der Waals surface area contributed by atoms with Crippen LogP contribution in [-0.2, 0) is 20.7 Å². The molecule has 5 rings (SSSR count). The van der Waals surface area contributed by atoms with Crippen LogP contribution in [-0.4, -0.2) is 43.4 Å². The zero-order valence-corrected chi connectivity index (χ0v) is 19.0. The molecule has 36 heavy (non-hydrogen) atoms. The minimum absolute atomic E-state index is 0.166. The van der Waals surface area contributed by atoms with E-state index in [0.717, 1.165) is 16.8 Å². The predicted molar refractivity (Wildman–Crippen MR) is 129 cm³/mol. The molecule has 0 saturated carbocycles. The standard InChI is InChI=1S/C26H22N6O4/c27-25(34)26(35-14-15-36-26)22(16-18-6-4-11-28-17-18)30-24(33)20-9-5-12-29-23(20)32-13-10-21(31-32)19-7-2-1-3-8-19/h1-15,17,22H,16H2,(H2,27,34)(H,30,33). The number of aromatic nitrogens is 4. The number of benzene rings is 1. The van der Waals surface area contributed by atoms with Gasteiger partial charge in [-0.05, 0) is 29.8 Å². The molecule has 0 spiro atoms. The van der Waals surface area contributed by atoms with Gasteiger partial charge in [0, 0.05) is 36.8 Å². The number of nitrogens with one attached hydrogen (secondary N) is 1. The van der Waals surface area contributed by atoms with E-state index in [1.165, 1.54) is 17.2 Å². The van der Waals surface area contributed by atoms with E-state index in [0.29, 0.717) is 5.82 Å². The lowest BCUT2D eigenvalue weighted by Gasteiger charge is -2.33. The van der Waals surface area contributed by atoms with Crippen molar-refractivity contribution in [2.24, 2.45) is 5.73 Å². The first kappa shape index (κ1) is 22.8. The Bertz CT molecular complexity index is 1400. The van der Waals surface area contributed by atoms with Gasteiger partial charge in [-0.2, -0.15) is 5.10 Å². The Morgan fingerprint density at radius 1 is 1.00 bits per heavy atom. The molecule has 0 fully saturated rings. The van der Waals surface area contributed by atoms with E-state index < -0.39 is 23.6 Å². The summed E-state index contributed by atoms with van der Waals surface area (Å²) in [4.78, 5) is 34.5. The van der Waals surface area contributed by atoms with Crippen LogP contribution >= 0.6 is 0 Å². The molecule has 4 aromatic rings. The van der Waals surface area contributed by atoms with Gasteiger partial charge in [-0.25, -0.2) is 9.67 Å². The van der Waals surface area contributed by atoms with Gasteiger partial charge < -0.3 is 20.5 Å². The highest BCUT2D eigenvalue weighted by molar-refractivity contribution is 5.98. The lowest BCUT2D eigenvalue weighted by Crippen LogP contribution is -2.61. The fourth-order valence-electron chi connectivity index (χ4n) is 3.97. The average molecular weight is 483 g/mol. The van der Waals surface area contributed by atoms with E-state index >= 15 is 0 Å². The summed E-state index contributed by atoms with van der Waals surface area (Å²) in [6.45, 7) is 0. The fourth-order valence-corrected chi connectivity index (χ4v) is 3.97. The van der Waals surface area contributed by atoms with Crippen LogP contribution in [0.1, 0.15) is 15.9 Å². The van der Waals surface area contributed by atoms with Crippen molar-refractivity contribution in [2.45, 2.75) is 18.2 Å². The molecule has 1 unspecified atom stereocenters. The second kappa shape index (κ2) is 9.71. The maximum atomic E-state index is 13.5. The van der Waals surface area contributed by atoms with Crippen molar-refractivity contribution >= 4 is 11.8 Å². The van der Waals surface area contributed by atoms with Crippen molar-refractivity contribution < 1.29 is 19.1 Å². The van der Waals surface area contributed by atoms with Gasteiger partial charge in [0.1, 0.15) is 18.6 Å². The lowest BCUT2D eigenvalue weighted by molar-refractivity contribution is -0.182. The van der Waals surface area contributed by atoms with E-state index in [9.17, 15) is 9.59 Å². The summed E-state index contributed by atoms with van der Waals surface area (Å²) in [7, 11) is 0. The van der Waals surface area contributed by atoms with Gasteiger partial charge in [-0.3, -0.25) is 14.6 Å². The Hall–Kier alpha value is -4.99. The summed E-state index contributed by atoms with van der Waals surface area (Å²) in [6.07, 6.45) is 9.16. The van der Waals surface area contributed by atoms with E-state index in [2.05, 4.69) is 20.4 Å². The molecule has 0 aliphatic carbocycles. The van der Waals surface area contributed by atoms with Crippen LogP contribution in [0.2, 0.25) is 0 Å². The fraction of sp³-hybridized carbons (Fsp3) is 0.115. The number of hydrogen-bond donors (Lipinski definition) is 2. The van der Waals surface area contributed by atoms with Gasteiger partial charge in [0.25, 0.3) is 5.91 Å². The number of amides is 2. The van der Waals surface area contributed by atoms with Crippen LogP contribution in [0.5, 0.6) is 0 Å². The smallest absolute Gasteiger partial charge is 0.352 e. The second-order valence-corrected chi connectivity index (χ2v) is 8.02. The van der Waals surface area contributed by atoms with Crippen LogP contribution in [0.15, 0.2) is 98.0 Å². The van der Waals surface area contributed by atoms with Gasteiger partial charge >= 0.3 is 11.7 Å². The minimum atomic E-state index is -1.92. The molecule has 1 aliphatic rings. The normalized spacial score (nSPS) is 14.4. The molecule has 3 aromatic heterocycles. The molecule has 0 saturated heterocycles. The highest BCUT2D eigenvalue weighted by atomic mass is 16.7. The van der Waals surface area contributed by atoms with Gasteiger partial charge in [0.2, 0.25) is 0 Å². The number of primary amides is 1. The van der Waals surface area contributed by atoms with Crippen LogP contribution in [0.3, 0.4) is 0 Å². The first-order valence-electron chi connectivity index (χ1n) is 11.1. The van der Waals surface area contributed by atoms with E-state index in [1.54, 1.807) is 43.0 Å². The first-order valence-corrected chi connectivity index (χ1v) is 11.1. The third-order valence-electron chi connectivity index (χ3n) is 5.72. The van der Waals surface area contributed by atoms with Crippen molar-refractivity contribution in [3.8, 4) is 17.1 Å². The molecule has 4 heterocycles. The van der Waals surface area contributed by atoms with Crippen molar-refractivity contribution in [1.29, 1.82) is 0 Å². The molecule has 3 N–H and O–H groups in total. The number of carbonyl (C=O) groups excluding carboxylic acids is 2. The van der Waals surface area contributed by atoms with Gasteiger partial charge in [0.05, 0.1) is 11.3 Å². The summed E-state index contributed by atoms with van der Waals surface area (Å²) in [5.41, 5.74) is 8.30. The molecule has 10 heteroatoms. The molecule has 1 atom stereocenters. The van der Waals surface area contributed by atoms with Gasteiger partial charge in [0.15, 0.2) is 5.82 Å². The van der Waals surface area contributed by atoms with Crippen molar-refractivity contribution in [3.63, 3.8) is 0 Å². The van der Waals surface area contributed by atoms with Crippen LogP contribution in [0.4, 0.5) is 0 Å². The summed E-state index contributed by atoms with van der Waals surface area (Å²) < 4.78 is 12.5. The van der Waals surface area contributed by atoms with Crippen LogP contribution in [0, 0.1) is 0 Å². The molecule has 1 aliphatic heterocycles. The van der Waals surface area contributed by atoms with Crippen LogP contribution in [0.25, 0.3) is 17.1 Å². The summed E-state index contributed by atoms with van der Waals surface area (Å²) in [6, 6.07) is 17.3. The Morgan fingerprint density at radius 3 is 2.50 bits per heavy atom. The maximum Gasteiger partial charge on any atom is 0.352 e. The summed E-state index contributed by atoms with van der Waals surface area (Å²) in [5, 5.41) is 7.45. The van der Waals surface area contributed by atoms with E-state index in [1.807, 2.05) is 42.5 Å². The largest absolute Gasteiger partial charge is 0.447 e. The third-order valence-corrected chi connectivity index (χ3v) is 5.72. The molecule has 0 radical (unpaired) electrons. The predicted octanol–water partition coefficient (Wildman–Crippen LogP) is 2.37. The molecule has 180 valence electrons. The van der Waals surface area contributed by atoms with Crippen LogP contribution < -0.4 is 11.1 Å². The Labute approximate surface area is 206 Å². The highest BCUT2D eigenvalue weighted by Crippen LogP contribution is 2.27. The molecular weight excluding hydrogens is 460 g/mol. The SMILES string of the molecule is NC(=O)C1(C(Cc2cccnc2)NC(=O)c2cccnc2-n2ccc(-c3ccccc3)n2)OC=CO1. The first-order chi connectivity index (χ1) is 17.6. The topological polar surface area (TPSA) is 134 Å². The number of hydrogen-bond acceptors (Lipinski definition) is 7. The average Bonchev–Trinajstić information content (AvgIpc) is 3.61. The number of nitrogens with two attached hydrogens (primary N) is 1. The van der Waals surface area contributed by atoms with Crippen molar-refractivity contribution in [2.75, 3.05) is 0 Å². The van der Waals surface area contributed by atoms with Crippen molar-refractivity contribution in [3.05, 3.63) is 109 Å². The summed E-state index contributed by atoms with van der Waals surface area (Å²) in [5.74, 6) is -2.99. The molecule has 1 aromatic carbocycles. The van der Waals surface area contributed by atoms with E-state index in [4.69, 9.17) is 15.2 Å². The number of rotatable bonds is 8. The summed E-state index contributed by atoms with van der Waals surface area (Å²) >= 11 is 0. The zero-order valence-electron chi connectivity index (χ0n) is 19.0. The van der Waals surface area contributed by atoms with Gasteiger partial charge in [-0.1, -0.05) is 36.4 Å². The highest BCUT2D eigenvalue weighted by Gasteiger charge is 2.51. The minimum Gasteiger partial charge on any atom is -0.447 e. The number of nitrogens with zero attached hydrogens (tertiary/aromatic N) is 4. The molecular formula is C26H22N6O4. The second-order valence-electron chi connectivity index (χ2n) is 8.02.